The zero-order chi connectivity index (χ0) is 18.8. The first-order chi connectivity index (χ1) is 12.5. The summed E-state index contributed by atoms with van der Waals surface area (Å²) in [5.41, 5.74) is -0.0761. The highest BCUT2D eigenvalue weighted by Gasteiger charge is 2.12. The molecule has 0 aromatic heterocycles. The molecular weight excluding hydrogens is 343 g/mol. The molecule has 0 spiro atoms. The number of rotatable bonds is 7. The minimum atomic E-state index is -0.927. The largest absolute Gasteiger partial charge is 0.493 e. The molecule has 2 aromatic rings. The molecule has 8 heteroatoms. The number of imide groups is 1. The second kappa shape index (κ2) is 9.77. The number of benzene rings is 2. The quantitative estimate of drug-likeness (QED) is 0.740. The van der Waals surface area contributed by atoms with Crippen molar-refractivity contribution in [2.75, 3.05) is 18.5 Å². The zero-order valence-electron chi connectivity index (χ0n) is 13.7. The molecule has 2 N–H and O–H groups in total. The van der Waals surface area contributed by atoms with Gasteiger partial charge in [-0.15, -0.1) is 0 Å². The first kappa shape index (κ1) is 18.9. The Bertz CT molecular complexity index is 767. The molecule has 0 aliphatic heterocycles. The number of anilines is 1. The van der Waals surface area contributed by atoms with E-state index in [-0.39, 0.29) is 18.7 Å². The molecule has 0 atom stereocenters. The average Bonchev–Trinajstić information content (AvgIpc) is 2.63. The van der Waals surface area contributed by atoms with Crippen molar-refractivity contribution in [3.63, 3.8) is 0 Å². The van der Waals surface area contributed by atoms with E-state index >= 15 is 0 Å². The summed E-state index contributed by atoms with van der Waals surface area (Å²) in [6.45, 7) is -0.535. The summed E-state index contributed by atoms with van der Waals surface area (Å²) in [4.78, 5) is 34.7. The highest BCUT2D eigenvalue weighted by molar-refractivity contribution is 6.01. The second-order valence-electron chi connectivity index (χ2n) is 5.05. The molecule has 0 saturated heterocycles. The van der Waals surface area contributed by atoms with Gasteiger partial charge in [0.25, 0.3) is 5.91 Å². The SMILES string of the molecule is O=C(COC(=O)CCOc1ccccc1)NC(=O)Nc1ccccc1F. The van der Waals surface area contributed by atoms with E-state index in [9.17, 15) is 18.8 Å². The van der Waals surface area contributed by atoms with Crippen LogP contribution in [0.4, 0.5) is 14.9 Å². The molecule has 0 bridgehead atoms. The van der Waals surface area contributed by atoms with Crippen molar-refractivity contribution in [1.29, 1.82) is 0 Å². The smallest absolute Gasteiger partial charge is 0.326 e. The Kier molecular flexibility index (Phi) is 7.11. The maximum atomic E-state index is 13.4. The lowest BCUT2D eigenvalue weighted by Gasteiger charge is -2.08. The van der Waals surface area contributed by atoms with Gasteiger partial charge < -0.3 is 14.8 Å². The average molecular weight is 360 g/mol. The van der Waals surface area contributed by atoms with Gasteiger partial charge in [-0.05, 0) is 24.3 Å². The van der Waals surface area contributed by atoms with E-state index in [4.69, 9.17) is 9.47 Å². The van der Waals surface area contributed by atoms with Gasteiger partial charge in [0.15, 0.2) is 6.61 Å². The summed E-state index contributed by atoms with van der Waals surface area (Å²) >= 11 is 0. The Labute approximate surface area is 149 Å². The van der Waals surface area contributed by atoms with E-state index < -0.39 is 30.3 Å². The van der Waals surface area contributed by atoms with Gasteiger partial charge in [-0.25, -0.2) is 9.18 Å². The second-order valence-corrected chi connectivity index (χ2v) is 5.05. The summed E-state index contributed by atoms with van der Waals surface area (Å²) < 4.78 is 23.4. The normalized spacial score (nSPS) is 9.88. The number of hydrogen-bond donors (Lipinski definition) is 2. The molecule has 3 amide bonds. The number of esters is 1. The van der Waals surface area contributed by atoms with Crippen LogP contribution in [-0.2, 0) is 14.3 Å². The molecule has 26 heavy (non-hydrogen) atoms. The fraction of sp³-hybridized carbons (Fsp3) is 0.167. The Morgan fingerprint density at radius 3 is 2.38 bits per heavy atom. The summed E-state index contributed by atoms with van der Waals surface area (Å²) in [5, 5.41) is 4.10. The maximum Gasteiger partial charge on any atom is 0.326 e. The molecule has 0 fully saturated rings. The molecule has 0 aliphatic rings. The van der Waals surface area contributed by atoms with Gasteiger partial charge in [-0.3, -0.25) is 14.9 Å². The van der Waals surface area contributed by atoms with E-state index in [1.165, 1.54) is 18.2 Å². The van der Waals surface area contributed by atoms with E-state index in [0.29, 0.717) is 5.75 Å². The summed E-state index contributed by atoms with van der Waals surface area (Å²) in [6, 6.07) is 13.5. The maximum absolute atomic E-state index is 13.4. The fourth-order valence-corrected chi connectivity index (χ4v) is 1.87. The van der Waals surface area contributed by atoms with Crippen molar-refractivity contribution >= 4 is 23.6 Å². The summed E-state index contributed by atoms with van der Waals surface area (Å²) in [5.74, 6) is -1.51. The number of halogens is 1. The summed E-state index contributed by atoms with van der Waals surface area (Å²) in [6.07, 6.45) is -0.0520. The molecule has 2 rings (SSSR count). The number of urea groups is 1. The molecule has 0 radical (unpaired) electrons. The third-order valence-corrected chi connectivity index (χ3v) is 3.06. The lowest BCUT2D eigenvalue weighted by Crippen LogP contribution is -2.37. The lowest BCUT2D eigenvalue weighted by atomic mass is 10.3. The van der Waals surface area contributed by atoms with Gasteiger partial charge in [-0.2, -0.15) is 0 Å². The van der Waals surface area contributed by atoms with Gasteiger partial charge in [0.2, 0.25) is 0 Å². The van der Waals surface area contributed by atoms with Crippen LogP contribution in [0.15, 0.2) is 54.6 Å². The number of para-hydroxylation sites is 2. The van der Waals surface area contributed by atoms with Crippen molar-refractivity contribution in [3.8, 4) is 5.75 Å². The minimum Gasteiger partial charge on any atom is -0.493 e. The van der Waals surface area contributed by atoms with E-state index in [0.717, 1.165) is 6.07 Å². The molecule has 0 heterocycles. The van der Waals surface area contributed by atoms with E-state index in [1.807, 2.05) is 11.4 Å². The Balaban J connectivity index is 1.64. The lowest BCUT2D eigenvalue weighted by molar-refractivity contribution is -0.148. The zero-order valence-corrected chi connectivity index (χ0v) is 13.7. The molecule has 2 aromatic carbocycles. The fourth-order valence-electron chi connectivity index (χ4n) is 1.87. The first-order valence-electron chi connectivity index (χ1n) is 7.73. The standard InChI is InChI=1S/C18H17FN2O5/c19-14-8-4-5-9-15(14)20-18(24)21-16(22)12-26-17(23)10-11-25-13-6-2-1-3-7-13/h1-9H,10-12H2,(H2,20,21,22,24). The van der Waals surface area contributed by atoms with Crippen LogP contribution >= 0.6 is 0 Å². The number of nitrogens with one attached hydrogen (secondary N) is 2. The summed E-state index contributed by atoms with van der Waals surface area (Å²) in [7, 11) is 0. The number of carbonyl (C=O) groups excluding carboxylic acids is 3. The number of hydrogen-bond acceptors (Lipinski definition) is 5. The highest BCUT2D eigenvalue weighted by atomic mass is 19.1. The van der Waals surface area contributed by atoms with Crippen LogP contribution in [0.25, 0.3) is 0 Å². The Morgan fingerprint density at radius 1 is 0.962 bits per heavy atom. The van der Waals surface area contributed by atoms with Crippen LogP contribution in [0.3, 0.4) is 0 Å². The predicted octanol–water partition coefficient (Wildman–Crippen LogP) is 2.49. The van der Waals surface area contributed by atoms with Crippen molar-refractivity contribution in [2.24, 2.45) is 0 Å². The molecule has 0 saturated carbocycles. The van der Waals surface area contributed by atoms with E-state index in [1.54, 1.807) is 24.3 Å². The third-order valence-electron chi connectivity index (χ3n) is 3.06. The Hall–Kier alpha value is -3.42. The highest BCUT2D eigenvalue weighted by Crippen LogP contribution is 2.11. The van der Waals surface area contributed by atoms with Crippen LogP contribution in [-0.4, -0.2) is 31.1 Å². The monoisotopic (exact) mass is 360 g/mol. The topological polar surface area (TPSA) is 93.7 Å². The van der Waals surface area contributed by atoms with Crippen LogP contribution in [0.5, 0.6) is 5.75 Å². The van der Waals surface area contributed by atoms with Crippen LogP contribution in [0.2, 0.25) is 0 Å². The van der Waals surface area contributed by atoms with Gasteiger partial charge in [-0.1, -0.05) is 30.3 Å². The number of carbonyl (C=O) groups is 3. The van der Waals surface area contributed by atoms with Crippen LogP contribution in [0.1, 0.15) is 6.42 Å². The van der Waals surface area contributed by atoms with Crippen molar-refractivity contribution in [1.82, 2.24) is 5.32 Å². The minimum absolute atomic E-state index is 0.0520. The molecule has 0 unspecified atom stereocenters. The van der Waals surface area contributed by atoms with Gasteiger partial charge in [0, 0.05) is 0 Å². The number of amides is 3. The Morgan fingerprint density at radius 2 is 1.65 bits per heavy atom. The molecule has 7 nitrogen and oxygen atoms in total. The predicted molar refractivity (Wildman–Crippen MR) is 91.1 cm³/mol. The van der Waals surface area contributed by atoms with Gasteiger partial charge in [0.05, 0.1) is 18.7 Å². The molecule has 136 valence electrons. The van der Waals surface area contributed by atoms with Gasteiger partial charge >= 0.3 is 12.0 Å². The number of ether oxygens (including phenoxy) is 2. The third kappa shape index (κ3) is 6.60. The van der Waals surface area contributed by atoms with Crippen molar-refractivity contribution < 1.29 is 28.2 Å². The van der Waals surface area contributed by atoms with Crippen LogP contribution in [0, 0.1) is 5.82 Å². The van der Waals surface area contributed by atoms with Crippen LogP contribution < -0.4 is 15.4 Å². The molecular formula is C18H17FN2O5. The van der Waals surface area contributed by atoms with Gasteiger partial charge in [0.1, 0.15) is 11.6 Å². The van der Waals surface area contributed by atoms with Crippen molar-refractivity contribution in [3.05, 3.63) is 60.4 Å². The van der Waals surface area contributed by atoms with Crippen molar-refractivity contribution in [2.45, 2.75) is 6.42 Å². The molecule has 0 aliphatic carbocycles. The van der Waals surface area contributed by atoms with E-state index in [2.05, 4.69) is 5.32 Å². The first-order valence-corrected chi connectivity index (χ1v) is 7.73.